The Labute approximate surface area is 99.8 Å². The largest absolute Gasteiger partial charge is 0.389 e. The molecule has 1 fully saturated rings. The number of nitrogens with zero attached hydrogens (tertiary/aromatic N) is 1. The van der Waals surface area contributed by atoms with Gasteiger partial charge in [0.2, 0.25) is 0 Å². The maximum atomic E-state index is 10.3. The molecule has 0 saturated carbocycles. The molecule has 1 heterocycles. The molecule has 1 aliphatic heterocycles. The Balaban J connectivity index is 2.55. The second-order valence-electron chi connectivity index (χ2n) is 5.40. The smallest absolute Gasteiger partial charge is 0.0777 e. The summed E-state index contributed by atoms with van der Waals surface area (Å²) < 4.78 is 5.57. The van der Waals surface area contributed by atoms with Gasteiger partial charge in [-0.15, -0.1) is 0 Å². The van der Waals surface area contributed by atoms with Crippen LogP contribution in [0.5, 0.6) is 0 Å². The van der Waals surface area contributed by atoms with Gasteiger partial charge in [-0.2, -0.15) is 0 Å². The molecule has 0 aliphatic carbocycles. The highest BCUT2D eigenvalue weighted by Crippen LogP contribution is 2.26. The van der Waals surface area contributed by atoms with Crippen molar-refractivity contribution in [3.05, 3.63) is 0 Å². The Kier molecular flexibility index (Phi) is 4.77. The van der Waals surface area contributed by atoms with Crippen LogP contribution in [0.1, 0.15) is 46.5 Å². The molecule has 0 spiro atoms. The maximum absolute atomic E-state index is 10.3. The first kappa shape index (κ1) is 13.9. The molecule has 1 unspecified atom stereocenters. The molecule has 0 amide bonds. The fourth-order valence-electron chi connectivity index (χ4n) is 2.50. The van der Waals surface area contributed by atoms with Crippen LogP contribution in [0, 0.1) is 0 Å². The SMILES string of the molecule is CCC(O)(CC)CN1CCCC(C)(OC)C1. The summed E-state index contributed by atoms with van der Waals surface area (Å²) in [6.07, 6.45) is 3.93. The summed E-state index contributed by atoms with van der Waals surface area (Å²) in [5.41, 5.74) is -0.549. The van der Waals surface area contributed by atoms with Crippen LogP contribution in [0.3, 0.4) is 0 Å². The van der Waals surface area contributed by atoms with E-state index in [4.69, 9.17) is 4.74 Å². The van der Waals surface area contributed by atoms with Gasteiger partial charge in [0.1, 0.15) is 0 Å². The molecule has 1 aliphatic rings. The van der Waals surface area contributed by atoms with Gasteiger partial charge in [0.15, 0.2) is 0 Å². The Hall–Kier alpha value is -0.120. The molecule has 3 heteroatoms. The zero-order valence-electron chi connectivity index (χ0n) is 11.3. The number of hydrogen-bond acceptors (Lipinski definition) is 3. The van der Waals surface area contributed by atoms with Gasteiger partial charge in [0.05, 0.1) is 11.2 Å². The monoisotopic (exact) mass is 229 g/mol. The van der Waals surface area contributed by atoms with E-state index in [9.17, 15) is 5.11 Å². The lowest BCUT2D eigenvalue weighted by Crippen LogP contribution is -2.52. The van der Waals surface area contributed by atoms with Gasteiger partial charge in [0, 0.05) is 20.2 Å². The van der Waals surface area contributed by atoms with E-state index in [0.29, 0.717) is 0 Å². The molecule has 0 bridgehead atoms. The molecule has 16 heavy (non-hydrogen) atoms. The molecule has 3 nitrogen and oxygen atoms in total. The van der Waals surface area contributed by atoms with Crippen molar-refractivity contribution < 1.29 is 9.84 Å². The number of ether oxygens (including phenoxy) is 1. The molecule has 1 atom stereocenters. The van der Waals surface area contributed by atoms with E-state index in [1.165, 1.54) is 0 Å². The molecular weight excluding hydrogens is 202 g/mol. The first-order valence-electron chi connectivity index (χ1n) is 6.47. The highest BCUT2D eigenvalue weighted by atomic mass is 16.5. The van der Waals surface area contributed by atoms with Gasteiger partial charge < -0.3 is 9.84 Å². The van der Waals surface area contributed by atoms with Gasteiger partial charge in [0.25, 0.3) is 0 Å². The topological polar surface area (TPSA) is 32.7 Å². The normalized spacial score (nSPS) is 28.3. The number of piperidine rings is 1. The van der Waals surface area contributed by atoms with Crippen molar-refractivity contribution in [2.24, 2.45) is 0 Å². The third kappa shape index (κ3) is 3.44. The van der Waals surface area contributed by atoms with E-state index in [1.54, 1.807) is 7.11 Å². The number of methoxy groups -OCH3 is 1. The molecule has 0 radical (unpaired) electrons. The number of likely N-dealkylation sites (tertiary alicyclic amines) is 1. The second kappa shape index (κ2) is 5.48. The van der Waals surface area contributed by atoms with E-state index >= 15 is 0 Å². The first-order chi connectivity index (χ1) is 7.47. The van der Waals surface area contributed by atoms with Crippen molar-refractivity contribution >= 4 is 0 Å². The molecular formula is C13H27NO2. The summed E-state index contributed by atoms with van der Waals surface area (Å²) in [6.45, 7) is 9.08. The fraction of sp³-hybridized carbons (Fsp3) is 1.00. The number of rotatable bonds is 5. The Morgan fingerprint density at radius 3 is 2.50 bits per heavy atom. The molecule has 96 valence electrons. The van der Waals surface area contributed by atoms with Gasteiger partial charge in [-0.3, -0.25) is 4.90 Å². The minimum atomic E-state index is -0.522. The average Bonchev–Trinajstić information content (AvgIpc) is 2.29. The van der Waals surface area contributed by atoms with Crippen molar-refractivity contribution in [2.45, 2.75) is 57.7 Å². The summed E-state index contributed by atoms with van der Waals surface area (Å²) in [4.78, 5) is 2.35. The van der Waals surface area contributed by atoms with Crippen LogP contribution in [0.2, 0.25) is 0 Å². The fourth-order valence-corrected chi connectivity index (χ4v) is 2.50. The molecule has 0 aromatic carbocycles. The quantitative estimate of drug-likeness (QED) is 0.783. The molecule has 0 aromatic heterocycles. The van der Waals surface area contributed by atoms with E-state index in [1.807, 2.05) is 0 Å². The van der Waals surface area contributed by atoms with Crippen molar-refractivity contribution in [2.75, 3.05) is 26.7 Å². The third-order valence-corrected chi connectivity index (χ3v) is 4.06. The minimum absolute atomic E-state index is 0.0271. The van der Waals surface area contributed by atoms with E-state index in [2.05, 4.69) is 25.7 Å². The maximum Gasteiger partial charge on any atom is 0.0777 e. The highest BCUT2D eigenvalue weighted by molar-refractivity contribution is 4.88. The zero-order chi connectivity index (χ0) is 12.2. The number of hydrogen-bond donors (Lipinski definition) is 1. The van der Waals surface area contributed by atoms with Crippen molar-refractivity contribution in [3.63, 3.8) is 0 Å². The standard InChI is InChI=1S/C13H27NO2/c1-5-13(15,6-2)11-14-9-7-8-12(3,10-14)16-4/h15H,5-11H2,1-4H3. The number of aliphatic hydroxyl groups is 1. The first-order valence-corrected chi connectivity index (χ1v) is 6.47. The molecule has 0 aromatic rings. The van der Waals surface area contributed by atoms with Crippen LogP contribution in [0.25, 0.3) is 0 Å². The molecule has 1 rings (SSSR count). The van der Waals surface area contributed by atoms with Gasteiger partial charge >= 0.3 is 0 Å². The Bertz CT molecular complexity index is 216. The van der Waals surface area contributed by atoms with Crippen LogP contribution >= 0.6 is 0 Å². The average molecular weight is 229 g/mol. The lowest BCUT2D eigenvalue weighted by Gasteiger charge is -2.42. The second-order valence-corrected chi connectivity index (χ2v) is 5.40. The molecule has 1 N–H and O–H groups in total. The van der Waals surface area contributed by atoms with E-state index < -0.39 is 5.60 Å². The summed E-state index contributed by atoms with van der Waals surface area (Å²) in [5.74, 6) is 0. The number of β-amino-alcohol motifs (C(OH)–C–C–N with tert-alkyl or cyclic N) is 1. The van der Waals surface area contributed by atoms with Crippen molar-refractivity contribution in [3.8, 4) is 0 Å². The predicted molar refractivity (Wildman–Crippen MR) is 66.6 cm³/mol. The Morgan fingerprint density at radius 1 is 1.38 bits per heavy atom. The summed E-state index contributed by atoms with van der Waals surface area (Å²) in [7, 11) is 1.79. The minimum Gasteiger partial charge on any atom is -0.389 e. The summed E-state index contributed by atoms with van der Waals surface area (Å²) in [6, 6.07) is 0. The lowest BCUT2D eigenvalue weighted by atomic mass is 9.91. The highest BCUT2D eigenvalue weighted by Gasteiger charge is 2.34. The zero-order valence-corrected chi connectivity index (χ0v) is 11.3. The van der Waals surface area contributed by atoms with Gasteiger partial charge in [-0.25, -0.2) is 0 Å². The summed E-state index contributed by atoms with van der Waals surface area (Å²) >= 11 is 0. The van der Waals surface area contributed by atoms with Crippen molar-refractivity contribution in [1.82, 2.24) is 4.90 Å². The van der Waals surface area contributed by atoms with Gasteiger partial charge in [-0.05, 0) is 39.2 Å². The van der Waals surface area contributed by atoms with E-state index in [0.717, 1.165) is 45.3 Å². The van der Waals surface area contributed by atoms with Crippen LogP contribution < -0.4 is 0 Å². The third-order valence-electron chi connectivity index (χ3n) is 4.06. The van der Waals surface area contributed by atoms with Crippen LogP contribution in [0.15, 0.2) is 0 Å². The summed E-state index contributed by atoms with van der Waals surface area (Å²) in [5, 5.41) is 10.3. The van der Waals surface area contributed by atoms with E-state index in [-0.39, 0.29) is 5.60 Å². The predicted octanol–water partition coefficient (Wildman–Crippen LogP) is 2.04. The van der Waals surface area contributed by atoms with Gasteiger partial charge in [-0.1, -0.05) is 13.8 Å². The van der Waals surface area contributed by atoms with Crippen LogP contribution in [-0.4, -0.2) is 48.0 Å². The lowest BCUT2D eigenvalue weighted by molar-refractivity contribution is -0.0764. The van der Waals surface area contributed by atoms with Crippen molar-refractivity contribution in [1.29, 1.82) is 0 Å². The Morgan fingerprint density at radius 2 is 2.00 bits per heavy atom. The van der Waals surface area contributed by atoms with Crippen LogP contribution in [0.4, 0.5) is 0 Å². The molecule has 1 saturated heterocycles. The van der Waals surface area contributed by atoms with Crippen LogP contribution in [-0.2, 0) is 4.74 Å².